The zero-order chi connectivity index (χ0) is 48.7. The number of methoxy groups -OCH3 is 4. The summed E-state index contributed by atoms with van der Waals surface area (Å²) in [7, 11) is 25.7. The summed E-state index contributed by atoms with van der Waals surface area (Å²) in [5.41, 5.74) is 7.27. The monoisotopic (exact) mass is 928 g/mol. The van der Waals surface area contributed by atoms with Crippen molar-refractivity contribution in [1.29, 1.82) is 0 Å². The van der Waals surface area contributed by atoms with Crippen LogP contribution in [-0.2, 0) is 44.7 Å². The summed E-state index contributed by atoms with van der Waals surface area (Å²) < 4.78 is 49.5. The Morgan fingerprint density at radius 3 is 1.84 bits per heavy atom. The minimum Gasteiger partial charge on any atom is -0.493 e. The highest BCUT2D eigenvalue weighted by Crippen LogP contribution is 2.52. The normalized spacial score (nSPS) is 17.4. The molecular formula is C53H75N4O10+3. The summed E-state index contributed by atoms with van der Waals surface area (Å²) in [6.07, 6.45) is 3.62. The van der Waals surface area contributed by atoms with Crippen molar-refractivity contribution in [2.24, 2.45) is 0 Å². The Bertz CT molecular complexity index is 2320. The van der Waals surface area contributed by atoms with Crippen LogP contribution in [0.4, 0.5) is 0 Å². The number of ether oxygens (including phenoxy) is 8. The lowest BCUT2D eigenvalue weighted by molar-refractivity contribution is -0.923. The Kier molecular flexibility index (Phi) is 16.4. The number of hydrogen-bond acceptors (Lipinski definition) is 11. The maximum atomic E-state index is 11.4. The first-order valence-corrected chi connectivity index (χ1v) is 23.3. The molecule has 14 heteroatoms. The van der Waals surface area contributed by atoms with E-state index >= 15 is 0 Å². The SMILES string of the molecule is COc1ccc2cc1Oc1cc3c(cc1OC)CCN(C)[C@H]3Cc1ccc(cc1)Oc1c(OC)c(OC)cc3c1[C@@H](C2)[N+](C)(C)CC3.C[N+](C)(C)CCOC(=O)CCC(=O)OCC[N+](C)(C)C. The summed E-state index contributed by atoms with van der Waals surface area (Å²) in [6.45, 7) is 4.19. The van der Waals surface area contributed by atoms with E-state index < -0.39 is 0 Å². The molecule has 4 aliphatic rings. The minimum atomic E-state index is -0.345. The Morgan fingerprint density at radius 1 is 0.672 bits per heavy atom. The number of likely N-dealkylation sites (N-methyl/N-ethyl adjacent to an activating group) is 4. The lowest BCUT2D eigenvalue weighted by Gasteiger charge is -2.43. The Hall–Kier alpha value is -5.54. The van der Waals surface area contributed by atoms with Crippen molar-refractivity contribution in [1.82, 2.24) is 4.90 Å². The molecule has 4 aromatic carbocycles. The van der Waals surface area contributed by atoms with Gasteiger partial charge in [-0.2, -0.15) is 0 Å². The second-order valence-electron chi connectivity index (χ2n) is 20.4. The fourth-order valence-electron chi connectivity index (χ4n) is 8.82. The van der Waals surface area contributed by atoms with Crippen LogP contribution in [0.25, 0.3) is 0 Å². The third-order valence-corrected chi connectivity index (χ3v) is 13.0. The third kappa shape index (κ3) is 13.1. The molecule has 2 atom stereocenters. The van der Waals surface area contributed by atoms with E-state index in [1.54, 1.807) is 28.4 Å². The van der Waals surface area contributed by atoms with Crippen LogP contribution in [0.5, 0.6) is 46.0 Å². The molecule has 8 rings (SSSR count). The molecule has 14 nitrogen and oxygen atoms in total. The van der Waals surface area contributed by atoms with E-state index in [1.165, 1.54) is 22.3 Å². The van der Waals surface area contributed by atoms with Crippen molar-refractivity contribution in [2.45, 2.75) is 50.6 Å². The molecule has 0 aromatic heterocycles. The van der Waals surface area contributed by atoms with Gasteiger partial charge in [0.15, 0.2) is 34.5 Å². The quantitative estimate of drug-likeness (QED) is 0.0979. The van der Waals surface area contributed by atoms with Crippen molar-refractivity contribution in [3.8, 4) is 46.0 Å². The average Bonchev–Trinajstić information content (AvgIpc) is 3.27. The number of nitrogens with zero attached hydrogens (tertiary/aromatic N) is 4. The van der Waals surface area contributed by atoms with Gasteiger partial charge in [-0.05, 0) is 90.2 Å². The number of carbonyl (C=O) groups is 2. The molecule has 0 radical (unpaired) electrons. The number of benzene rings is 4. The van der Waals surface area contributed by atoms with Crippen LogP contribution in [0.15, 0.2) is 60.7 Å². The van der Waals surface area contributed by atoms with Gasteiger partial charge in [0.25, 0.3) is 0 Å². The topological polar surface area (TPSA) is 111 Å². The van der Waals surface area contributed by atoms with Gasteiger partial charge in [-0.25, -0.2) is 0 Å². The average molecular weight is 928 g/mol. The number of carbonyl (C=O) groups excluding carboxylic acids is 2. The highest BCUT2D eigenvalue weighted by atomic mass is 16.6. The second kappa shape index (κ2) is 21.6. The fourth-order valence-corrected chi connectivity index (χ4v) is 8.82. The highest BCUT2D eigenvalue weighted by Gasteiger charge is 2.41. The van der Waals surface area contributed by atoms with Gasteiger partial charge in [-0.15, -0.1) is 0 Å². The van der Waals surface area contributed by atoms with Crippen LogP contribution in [0.2, 0.25) is 0 Å². The van der Waals surface area contributed by atoms with Gasteiger partial charge in [-0.1, -0.05) is 18.2 Å². The molecule has 0 fully saturated rings. The lowest BCUT2D eigenvalue weighted by Crippen LogP contribution is -2.48. The first kappa shape index (κ1) is 50.9. The smallest absolute Gasteiger partial charge is 0.306 e. The van der Waals surface area contributed by atoms with Crippen molar-refractivity contribution < 1.29 is 60.9 Å². The van der Waals surface area contributed by atoms with Gasteiger partial charge in [0.1, 0.15) is 38.1 Å². The van der Waals surface area contributed by atoms with Crippen molar-refractivity contribution >= 4 is 11.9 Å². The highest BCUT2D eigenvalue weighted by molar-refractivity contribution is 5.77. The van der Waals surface area contributed by atoms with Gasteiger partial charge < -0.3 is 51.3 Å². The molecule has 0 saturated heterocycles. The molecule has 0 unspecified atom stereocenters. The predicted molar refractivity (Wildman–Crippen MR) is 259 cm³/mol. The minimum absolute atomic E-state index is 0.0718. The van der Waals surface area contributed by atoms with Crippen molar-refractivity contribution in [3.05, 3.63) is 94.0 Å². The van der Waals surface area contributed by atoms with Gasteiger partial charge in [-0.3, -0.25) is 14.5 Å². The van der Waals surface area contributed by atoms with Gasteiger partial charge in [0.2, 0.25) is 5.75 Å². The fraction of sp³-hybridized carbons (Fsp3) is 0.509. The number of esters is 2. The van der Waals surface area contributed by atoms with Crippen molar-refractivity contribution in [2.75, 3.05) is 131 Å². The second-order valence-corrected chi connectivity index (χ2v) is 20.4. The van der Waals surface area contributed by atoms with E-state index in [1.807, 2.05) is 48.4 Å². The molecule has 4 heterocycles. The number of rotatable bonds is 13. The lowest BCUT2D eigenvalue weighted by atomic mass is 9.86. The zero-order valence-corrected chi connectivity index (χ0v) is 42.3. The Balaban J connectivity index is 0.000000314. The molecule has 67 heavy (non-hydrogen) atoms. The molecule has 4 aromatic rings. The molecule has 6 bridgehead atoms. The van der Waals surface area contributed by atoms with E-state index in [0.717, 1.165) is 87.9 Å². The first-order valence-electron chi connectivity index (χ1n) is 23.3. The van der Waals surface area contributed by atoms with Gasteiger partial charge >= 0.3 is 11.9 Å². The molecule has 364 valence electrons. The van der Waals surface area contributed by atoms with Crippen LogP contribution in [0.3, 0.4) is 0 Å². The molecule has 0 N–H and O–H groups in total. The predicted octanol–water partition coefficient (Wildman–Crippen LogP) is 7.57. The Labute approximate surface area is 398 Å². The van der Waals surface area contributed by atoms with E-state index in [4.69, 9.17) is 37.9 Å². The van der Waals surface area contributed by atoms with E-state index in [2.05, 4.69) is 80.6 Å². The summed E-state index contributed by atoms with van der Waals surface area (Å²) >= 11 is 0. The molecule has 0 spiro atoms. The van der Waals surface area contributed by atoms with Crippen LogP contribution in [-0.4, -0.2) is 162 Å². The van der Waals surface area contributed by atoms with Crippen LogP contribution in [0.1, 0.15) is 58.3 Å². The van der Waals surface area contributed by atoms with Crippen LogP contribution >= 0.6 is 0 Å². The standard InChI is InChI=1S/C39H45N2O6.C14H30N2O4/c1-40-16-14-26-21-33(43-5)35-23-29(26)30(40)18-24-8-11-28(12-9-24)46-39-37-27(22-36(44-6)38(39)45-7)15-17-41(2,3)31(37)19-25-10-13-32(42-4)34(20-25)47-35;1-15(2,3)9-11-19-13(17)7-8-14(18)20-12-10-16(4,5)6/h8-13,20-23,30-31H,14-19H2,1-7H3;7-12H2,1-6H3/q+1;+2/t30-,31+;/m0./s1. The van der Waals surface area contributed by atoms with Crippen molar-refractivity contribution in [3.63, 3.8) is 0 Å². The molecule has 0 aliphatic carbocycles. The molecule has 0 amide bonds. The maximum absolute atomic E-state index is 11.4. The van der Waals surface area contributed by atoms with Gasteiger partial charge in [0, 0.05) is 25.4 Å². The molecule has 0 saturated carbocycles. The Morgan fingerprint density at radius 2 is 1.25 bits per heavy atom. The summed E-state index contributed by atoms with van der Waals surface area (Å²) in [4.78, 5) is 25.3. The molecule has 4 aliphatic heterocycles. The van der Waals surface area contributed by atoms with Gasteiger partial charge in [0.05, 0.1) is 110 Å². The number of fused-ring (bicyclic) bond motifs is 2. The third-order valence-electron chi connectivity index (χ3n) is 13.0. The summed E-state index contributed by atoms with van der Waals surface area (Å²) in [5, 5.41) is 0. The van der Waals surface area contributed by atoms with E-state index in [9.17, 15) is 9.59 Å². The largest absolute Gasteiger partial charge is 0.493 e. The molecular weight excluding hydrogens is 853 g/mol. The van der Waals surface area contributed by atoms with E-state index in [-0.39, 0.29) is 36.9 Å². The van der Waals surface area contributed by atoms with E-state index in [0.29, 0.717) is 47.7 Å². The first-order chi connectivity index (χ1) is 31.7. The van der Waals surface area contributed by atoms with Crippen LogP contribution in [0, 0.1) is 0 Å². The summed E-state index contributed by atoms with van der Waals surface area (Å²) in [5.74, 6) is 4.81. The maximum Gasteiger partial charge on any atom is 0.306 e. The zero-order valence-electron chi connectivity index (χ0n) is 42.3. The number of hydrogen-bond donors (Lipinski definition) is 0. The number of quaternary nitrogens is 3. The van der Waals surface area contributed by atoms with Crippen LogP contribution < -0.4 is 28.4 Å². The summed E-state index contributed by atoms with van der Waals surface area (Å²) in [6, 6.07) is 21.4.